The Labute approximate surface area is 171 Å². The number of nitrogens with zero attached hydrogens (tertiary/aromatic N) is 6. The van der Waals surface area contributed by atoms with E-state index in [2.05, 4.69) is 46.9 Å². The van der Waals surface area contributed by atoms with Crippen molar-refractivity contribution in [3.63, 3.8) is 0 Å². The van der Waals surface area contributed by atoms with Gasteiger partial charge >= 0.3 is 5.69 Å². The summed E-state index contributed by atoms with van der Waals surface area (Å²) in [5.74, 6) is 0.918. The van der Waals surface area contributed by atoms with Gasteiger partial charge < -0.3 is 14.7 Å². The molecule has 0 radical (unpaired) electrons. The van der Waals surface area contributed by atoms with Gasteiger partial charge in [0.15, 0.2) is 0 Å². The fourth-order valence-corrected chi connectivity index (χ4v) is 4.19. The molecule has 0 saturated carbocycles. The van der Waals surface area contributed by atoms with E-state index in [-0.39, 0.29) is 10.6 Å². The first-order chi connectivity index (χ1) is 14.0. The molecule has 2 saturated heterocycles. The molecule has 3 heterocycles. The summed E-state index contributed by atoms with van der Waals surface area (Å²) in [6.07, 6.45) is 4.74. The molecular weight excluding hydrogens is 368 g/mol. The number of aryl methyl sites for hydroxylation is 2. The van der Waals surface area contributed by atoms with Gasteiger partial charge in [0.2, 0.25) is 11.6 Å². The van der Waals surface area contributed by atoms with Crippen LogP contribution in [-0.2, 0) is 0 Å². The number of hydrogen-bond donors (Lipinski definition) is 0. The summed E-state index contributed by atoms with van der Waals surface area (Å²) in [5, 5.41) is 11.9. The van der Waals surface area contributed by atoms with Crippen LogP contribution in [0.4, 0.5) is 23.0 Å². The molecule has 154 valence electrons. The smallest absolute Gasteiger partial charge is 0.353 e. The summed E-state index contributed by atoms with van der Waals surface area (Å²) in [6.45, 7) is 8.89. The van der Waals surface area contributed by atoms with Crippen LogP contribution in [0.1, 0.15) is 30.4 Å². The van der Waals surface area contributed by atoms with E-state index in [1.165, 1.54) is 29.6 Å². The van der Waals surface area contributed by atoms with E-state index < -0.39 is 0 Å². The number of nitro groups is 1. The lowest BCUT2D eigenvalue weighted by atomic mass is 10.1. The first kappa shape index (κ1) is 19.4. The molecule has 8 heteroatoms. The predicted octanol–water partition coefficient (Wildman–Crippen LogP) is 3.32. The van der Waals surface area contributed by atoms with E-state index in [9.17, 15) is 10.1 Å². The molecule has 29 heavy (non-hydrogen) atoms. The zero-order chi connectivity index (χ0) is 20.4. The zero-order valence-electron chi connectivity index (χ0n) is 17.2. The Kier molecular flexibility index (Phi) is 5.51. The van der Waals surface area contributed by atoms with Gasteiger partial charge in [-0.05, 0) is 56.4 Å². The second-order valence-corrected chi connectivity index (χ2v) is 7.92. The highest BCUT2D eigenvalue weighted by molar-refractivity contribution is 5.71. The number of anilines is 3. The minimum Gasteiger partial charge on any atom is -0.368 e. The average Bonchev–Trinajstić information content (AvgIpc) is 2.76. The SMILES string of the molecule is Cc1ccc(N2CCN(c3ncnc(N4CCCCC4)c3[N+](=O)[O-])CC2)cc1C. The van der Waals surface area contributed by atoms with Crippen molar-refractivity contribution >= 4 is 23.0 Å². The van der Waals surface area contributed by atoms with Gasteiger partial charge in [0, 0.05) is 45.0 Å². The standard InChI is InChI=1S/C21H28N6O2/c1-16-6-7-18(14-17(16)2)24-10-12-26(13-11-24)21-19(27(28)29)20(22-15-23-21)25-8-4-3-5-9-25/h6-7,14-15H,3-5,8-13H2,1-2H3. The number of piperazine rings is 1. The van der Waals surface area contributed by atoms with Crippen LogP contribution in [0.25, 0.3) is 0 Å². The molecule has 8 nitrogen and oxygen atoms in total. The lowest BCUT2D eigenvalue weighted by molar-refractivity contribution is -0.383. The molecule has 2 aliphatic rings. The molecule has 2 aliphatic heterocycles. The van der Waals surface area contributed by atoms with Gasteiger partial charge in [-0.15, -0.1) is 0 Å². The van der Waals surface area contributed by atoms with Gasteiger partial charge in [-0.1, -0.05) is 6.07 Å². The molecule has 0 aliphatic carbocycles. The Bertz CT molecular complexity index is 889. The minimum atomic E-state index is -0.311. The molecule has 0 spiro atoms. The molecule has 1 aromatic heterocycles. The summed E-state index contributed by atoms with van der Waals surface area (Å²) < 4.78 is 0. The van der Waals surface area contributed by atoms with Crippen LogP contribution in [0.2, 0.25) is 0 Å². The number of hydrogen-bond acceptors (Lipinski definition) is 7. The summed E-state index contributed by atoms with van der Waals surface area (Å²) in [6, 6.07) is 6.52. The first-order valence-corrected chi connectivity index (χ1v) is 10.4. The fraction of sp³-hybridized carbons (Fsp3) is 0.524. The topological polar surface area (TPSA) is 78.6 Å². The third kappa shape index (κ3) is 3.97. The van der Waals surface area contributed by atoms with Crippen LogP contribution < -0.4 is 14.7 Å². The number of benzene rings is 1. The van der Waals surface area contributed by atoms with Gasteiger partial charge in [-0.25, -0.2) is 9.97 Å². The maximum absolute atomic E-state index is 11.9. The second kappa shape index (κ2) is 8.23. The fourth-order valence-electron chi connectivity index (χ4n) is 4.19. The van der Waals surface area contributed by atoms with Crippen molar-refractivity contribution in [2.24, 2.45) is 0 Å². The Morgan fingerprint density at radius 2 is 1.41 bits per heavy atom. The third-order valence-corrected chi connectivity index (χ3v) is 6.06. The Morgan fingerprint density at radius 3 is 2.00 bits per heavy atom. The highest BCUT2D eigenvalue weighted by Crippen LogP contribution is 2.36. The van der Waals surface area contributed by atoms with Crippen molar-refractivity contribution in [3.8, 4) is 0 Å². The average molecular weight is 396 g/mol. The van der Waals surface area contributed by atoms with Gasteiger partial charge in [0.05, 0.1) is 4.92 Å². The van der Waals surface area contributed by atoms with E-state index in [1.54, 1.807) is 0 Å². The molecule has 0 bridgehead atoms. The highest BCUT2D eigenvalue weighted by Gasteiger charge is 2.32. The highest BCUT2D eigenvalue weighted by atomic mass is 16.6. The summed E-state index contributed by atoms with van der Waals surface area (Å²) in [5.41, 5.74) is 3.82. The van der Waals surface area contributed by atoms with Gasteiger partial charge in [-0.3, -0.25) is 10.1 Å². The molecule has 1 aromatic carbocycles. The van der Waals surface area contributed by atoms with Crippen molar-refractivity contribution in [2.45, 2.75) is 33.1 Å². The molecule has 4 rings (SSSR count). The van der Waals surface area contributed by atoms with Gasteiger partial charge in [0.25, 0.3) is 0 Å². The first-order valence-electron chi connectivity index (χ1n) is 10.4. The Balaban J connectivity index is 1.54. The lowest BCUT2D eigenvalue weighted by Gasteiger charge is -2.37. The Hall–Kier alpha value is -2.90. The maximum Gasteiger partial charge on any atom is 0.353 e. The van der Waals surface area contributed by atoms with Crippen LogP contribution in [0, 0.1) is 24.0 Å². The van der Waals surface area contributed by atoms with Gasteiger partial charge in [-0.2, -0.15) is 0 Å². The summed E-state index contributed by atoms with van der Waals surface area (Å²) in [4.78, 5) is 26.7. The summed E-state index contributed by atoms with van der Waals surface area (Å²) >= 11 is 0. The molecule has 0 atom stereocenters. The maximum atomic E-state index is 11.9. The van der Waals surface area contributed by atoms with E-state index >= 15 is 0 Å². The second-order valence-electron chi connectivity index (χ2n) is 7.92. The third-order valence-electron chi connectivity index (χ3n) is 6.06. The van der Waals surface area contributed by atoms with Crippen LogP contribution in [0.5, 0.6) is 0 Å². The number of piperidine rings is 1. The number of rotatable bonds is 4. The van der Waals surface area contributed by atoms with Crippen molar-refractivity contribution in [3.05, 3.63) is 45.8 Å². The lowest BCUT2D eigenvalue weighted by Crippen LogP contribution is -2.47. The van der Waals surface area contributed by atoms with Crippen LogP contribution >= 0.6 is 0 Å². The van der Waals surface area contributed by atoms with Crippen LogP contribution in [0.15, 0.2) is 24.5 Å². The predicted molar refractivity (Wildman–Crippen MR) is 115 cm³/mol. The number of aromatic nitrogens is 2. The Morgan fingerprint density at radius 1 is 0.828 bits per heavy atom. The van der Waals surface area contributed by atoms with Crippen LogP contribution in [0.3, 0.4) is 0 Å². The van der Waals surface area contributed by atoms with E-state index in [4.69, 9.17) is 0 Å². The molecule has 0 amide bonds. The van der Waals surface area contributed by atoms with E-state index in [1.807, 2.05) is 9.80 Å². The summed E-state index contributed by atoms with van der Waals surface area (Å²) in [7, 11) is 0. The molecule has 0 unspecified atom stereocenters. The quantitative estimate of drug-likeness (QED) is 0.579. The minimum absolute atomic E-state index is 0.0500. The van der Waals surface area contributed by atoms with Crippen molar-refractivity contribution < 1.29 is 4.92 Å². The largest absolute Gasteiger partial charge is 0.368 e. The van der Waals surface area contributed by atoms with Crippen molar-refractivity contribution in [1.29, 1.82) is 0 Å². The van der Waals surface area contributed by atoms with E-state index in [0.717, 1.165) is 39.0 Å². The monoisotopic (exact) mass is 396 g/mol. The molecule has 0 N–H and O–H groups in total. The molecular formula is C21H28N6O2. The van der Waals surface area contributed by atoms with Crippen molar-refractivity contribution in [1.82, 2.24) is 9.97 Å². The molecule has 2 fully saturated rings. The van der Waals surface area contributed by atoms with Gasteiger partial charge in [0.1, 0.15) is 6.33 Å². The van der Waals surface area contributed by atoms with Crippen molar-refractivity contribution in [2.75, 3.05) is 54.0 Å². The van der Waals surface area contributed by atoms with E-state index in [0.29, 0.717) is 24.7 Å². The normalized spacial score (nSPS) is 17.5. The molecule has 2 aromatic rings. The van der Waals surface area contributed by atoms with Crippen LogP contribution in [-0.4, -0.2) is 54.2 Å². The zero-order valence-corrected chi connectivity index (χ0v) is 17.2.